The zero-order chi connectivity index (χ0) is 18.8. The maximum absolute atomic E-state index is 12.0. The van der Waals surface area contributed by atoms with Crippen LogP contribution in [0.15, 0.2) is 59.7 Å². The molecule has 0 fully saturated rings. The maximum atomic E-state index is 12.0. The summed E-state index contributed by atoms with van der Waals surface area (Å²) >= 11 is 0. The van der Waals surface area contributed by atoms with Gasteiger partial charge in [0.05, 0.1) is 5.71 Å². The van der Waals surface area contributed by atoms with Gasteiger partial charge < -0.3 is 4.74 Å². The minimum Gasteiger partial charge on any atom is -0.484 e. The van der Waals surface area contributed by atoms with E-state index in [0.717, 1.165) is 30.5 Å². The summed E-state index contributed by atoms with van der Waals surface area (Å²) in [7, 11) is 0. The lowest BCUT2D eigenvalue weighted by Gasteiger charge is -2.10. The van der Waals surface area contributed by atoms with E-state index in [2.05, 4.69) is 31.3 Å². The third-order valence-electron chi connectivity index (χ3n) is 4.34. The second-order valence-electron chi connectivity index (χ2n) is 6.38. The number of benzene rings is 2. The van der Waals surface area contributed by atoms with E-state index in [0.29, 0.717) is 11.7 Å². The van der Waals surface area contributed by atoms with Crippen LogP contribution in [-0.2, 0) is 4.79 Å². The van der Waals surface area contributed by atoms with Crippen molar-refractivity contribution in [2.24, 2.45) is 5.10 Å². The van der Waals surface area contributed by atoms with Crippen LogP contribution in [-0.4, -0.2) is 18.2 Å². The molecule has 0 aliphatic carbocycles. The molecule has 0 heterocycles. The normalized spacial score (nSPS) is 12.5. The molecular weight excluding hydrogens is 324 g/mol. The molecule has 2 aromatic carbocycles. The van der Waals surface area contributed by atoms with Gasteiger partial charge in [0.1, 0.15) is 5.75 Å². The van der Waals surface area contributed by atoms with Gasteiger partial charge in [-0.2, -0.15) is 5.10 Å². The SMILES string of the molecule is CCCC(=NNC(=O)COc1ccc(C(C)CC)cc1)c1ccccc1. The fraction of sp³-hybridized carbons (Fsp3) is 0.364. The Morgan fingerprint density at radius 2 is 1.77 bits per heavy atom. The van der Waals surface area contributed by atoms with Gasteiger partial charge in [0, 0.05) is 0 Å². The third-order valence-corrected chi connectivity index (χ3v) is 4.34. The maximum Gasteiger partial charge on any atom is 0.277 e. The van der Waals surface area contributed by atoms with Gasteiger partial charge >= 0.3 is 0 Å². The summed E-state index contributed by atoms with van der Waals surface area (Å²) in [6.45, 7) is 6.40. The first-order valence-electron chi connectivity index (χ1n) is 9.27. The zero-order valence-corrected chi connectivity index (χ0v) is 15.9. The molecule has 0 bridgehead atoms. The van der Waals surface area contributed by atoms with Gasteiger partial charge in [-0.3, -0.25) is 4.79 Å². The van der Waals surface area contributed by atoms with E-state index in [1.807, 2.05) is 54.6 Å². The van der Waals surface area contributed by atoms with Crippen molar-refractivity contribution in [1.29, 1.82) is 0 Å². The Balaban J connectivity index is 1.89. The molecule has 0 aliphatic rings. The zero-order valence-electron chi connectivity index (χ0n) is 15.9. The van der Waals surface area contributed by atoms with E-state index in [1.54, 1.807) is 0 Å². The van der Waals surface area contributed by atoms with Crippen LogP contribution in [0.1, 0.15) is 57.1 Å². The van der Waals surface area contributed by atoms with Crippen molar-refractivity contribution < 1.29 is 9.53 Å². The molecule has 1 unspecified atom stereocenters. The largest absolute Gasteiger partial charge is 0.484 e. The molecule has 4 nitrogen and oxygen atoms in total. The number of carbonyl (C=O) groups excluding carboxylic acids is 1. The average molecular weight is 352 g/mol. The molecule has 0 aliphatic heterocycles. The topological polar surface area (TPSA) is 50.7 Å². The number of hydrogen-bond donors (Lipinski definition) is 1. The van der Waals surface area contributed by atoms with Crippen LogP contribution in [0, 0.1) is 0 Å². The summed E-state index contributed by atoms with van der Waals surface area (Å²) in [5.74, 6) is 0.949. The molecule has 1 N–H and O–H groups in total. The van der Waals surface area contributed by atoms with Gasteiger partial charge in [-0.1, -0.05) is 69.7 Å². The predicted octanol–water partition coefficient (Wildman–Crippen LogP) is 4.90. The van der Waals surface area contributed by atoms with Crippen LogP contribution >= 0.6 is 0 Å². The van der Waals surface area contributed by atoms with E-state index >= 15 is 0 Å². The van der Waals surface area contributed by atoms with E-state index in [9.17, 15) is 4.79 Å². The first-order chi connectivity index (χ1) is 12.6. The minimum absolute atomic E-state index is 0.0552. The van der Waals surface area contributed by atoms with Crippen molar-refractivity contribution in [3.8, 4) is 5.75 Å². The van der Waals surface area contributed by atoms with Crippen molar-refractivity contribution in [1.82, 2.24) is 5.43 Å². The van der Waals surface area contributed by atoms with Gasteiger partial charge in [0.2, 0.25) is 0 Å². The van der Waals surface area contributed by atoms with Crippen LogP contribution in [0.2, 0.25) is 0 Å². The first-order valence-corrected chi connectivity index (χ1v) is 9.27. The first kappa shape index (κ1) is 19.7. The molecule has 1 amide bonds. The van der Waals surface area contributed by atoms with E-state index < -0.39 is 0 Å². The molecule has 2 aromatic rings. The van der Waals surface area contributed by atoms with Gasteiger partial charge in [0.25, 0.3) is 5.91 Å². The van der Waals surface area contributed by atoms with E-state index in [1.165, 1.54) is 5.56 Å². The smallest absolute Gasteiger partial charge is 0.277 e. The molecule has 0 saturated heterocycles. The number of carbonyl (C=O) groups is 1. The quantitative estimate of drug-likeness (QED) is 0.515. The van der Waals surface area contributed by atoms with Gasteiger partial charge in [-0.15, -0.1) is 0 Å². The standard InChI is InChI=1S/C22H28N2O2/c1-4-9-21(19-10-7-6-8-11-19)23-24-22(25)16-26-20-14-12-18(13-15-20)17(3)5-2/h6-8,10-15,17H,4-5,9,16H2,1-3H3,(H,24,25). The molecule has 1 atom stereocenters. The molecule has 0 saturated carbocycles. The summed E-state index contributed by atoms with van der Waals surface area (Å²) in [5.41, 5.74) is 5.78. The third kappa shape index (κ3) is 6.03. The highest BCUT2D eigenvalue weighted by molar-refractivity contribution is 6.01. The van der Waals surface area contributed by atoms with E-state index in [4.69, 9.17) is 4.74 Å². The molecule has 0 aromatic heterocycles. The summed E-state index contributed by atoms with van der Waals surface area (Å²) in [6.07, 6.45) is 2.87. The van der Waals surface area contributed by atoms with Crippen LogP contribution in [0.25, 0.3) is 0 Å². The Hall–Kier alpha value is -2.62. The fourth-order valence-electron chi connectivity index (χ4n) is 2.57. The van der Waals surface area contributed by atoms with Crippen LogP contribution in [0.5, 0.6) is 5.75 Å². The van der Waals surface area contributed by atoms with Crippen LogP contribution in [0.3, 0.4) is 0 Å². The monoisotopic (exact) mass is 352 g/mol. The molecule has 4 heteroatoms. The molecule has 2 rings (SSSR count). The second-order valence-corrected chi connectivity index (χ2v) is 6.38. The number of rotatable bonds is 9. The van der Waals surface area contributed by atoms with Crippen LogP contribution in [0.4, 0.5) is 0 Å². The summed E-state index contributed by atoms with van der Waals surface area (Å²) in [5, 5.41) is 4.28. The minimum atomic E-state index is -0.263. The number of hydrogen-bond acceptors (Lipinski definition) is 3. The Kier molecular flexibility index (Phi) is 7.87. The highest BCUT2D eigenvalue weighted by atomic mass is 16.5. The molecule has 0 radical (unpaired) electrons. The van der Waals surface area contributed by atoms with Crippen molar-refractivity contribution >= 4 is 11.6 Å². The lowest BCUT2D eigenvalue weighted by atomic mass is 9.99. The van der Waals surface area contributed by atoms with Crippen LogP contribution < -0.4 is 10.2 Å². The van der Waals surface area contributed by atoms with Gasteiger partial charge in [-0.25, -0.2) is 5.43 Å². The second kappa shape index (κ2) is 10.4. The number of hydrazone groups is 1. The number of nitrogens with zero attached hydrogens (tertiary/aromatic N) is 1. The number of nitrogens with one attached hydrogen (secondary N) is 1. The molecular formula is C22H28N2O2. The number of amides is 1. The van der Waals surface area contributed by atoms with Crippen molar-refractivity contribution in [2.75, 3.05) is 6.61 Å². The fourth-order valence-corrected chi connectivity index (χ4v) is 2.57. The number of ether oxygens (including phenoxy) is 1. The van der Waals surface area contributed by atoms with Gasteiger partial charge in [0.15, 0.2) is 6.61 Å². The molecule has 26 heavy (non-hydrogen) atoms. The summed E-state index contributed by atoms with van der Waals surface area (Å²) < 4.78 is 5.55. The average Bonchev–Trinajstić information content (AvgIpc) is 2.70. The highest BCUT2D eigenvalue weighted by Gasteiger charge is 2.06. The van der Waals surface area contributed by atoms with Crippen molar-refractivity contribution in [2.45, 2.75) is 46.0 Å². The summed E-state index contributed by atoms with van der Waals surface area (Å²) in [6, 6.07) is 17.8. The Morgan fingerprint density at radius 1 is 1.08 bits per heavy atom. The summed E-state index contributed by atoms with van der Waals surface area (Å²) in [4.78, 5) is 12.0. The van der Waals surface area contributed by atoms with Gasteiger partial charge in [-0.05, 0) is 42.0 Å². The Morgan fingerprint density at radius 3 is 2.38 bits per heavy atom. The van der Waals surface area contributed by atoms with Crippen molar-refractivity contribution in [3.63, 3.8) is 0 Å². The van der Waals surface area contributed by atoms with Crippen molar-refractivity contribution in [3.05, 3.63) is 65.7 Å². The Labute approximate surface area is 156 Å². The lowest BCUT2D eigenvalue weighted by molar-refractivity contribution is -0.123. The Bertz CT molecular complexity index is 709. The lowest BCUT2D eigenvalue weighted by Crippen LogP contribution is -2.26. The molecule has 138 valence electrons. The highest BCUT2D eigenvalue weighted by Crippen LogP contribution is 2.21. The predicted molar refractivity (Wildman–Crippen MR) is 107 cm³/mol. The van der Waals surface area contributed by atoms with E-state index in [-0.39, 0.29) is 12.5 Å². The molecule has 0 spiro atoms.